The summed E-state index contributed by atoms with van der Waals surface area (Å²) in [6, 6.07) is 12.0. The largest absolute Gasteiger partial charge is 0.491 e. The Hall–Kier alpha value is -2.68. The molecule has 0 radical (unpaired) electrons. The second kappa shape index (κ2) is 16.3. The van der Waals surface area contributed by atoms with Gasteiger partial charge in [0, 0.05) is 58.8 Å². The van der Waals surface area contributed by atoms with Gasteiger partial charge in [0.05, 0.1) is 12.5 Å². The number of hydrogen-bond donors (Lipinski definition) is 1. The smallest absolute Gasteiger partial charge is 0.250 e. The molecule has 1 aliphatic heterocycles. The zero-order chi connectivity index (χ0) is 27.2. The summed E-state index contributed by atoms with van der Waals surface area (Å²) < 4.78 is 17.9. The second-order valence-corrected chi connectivity index (χ2v) is 9.99. The molecule has 2 aliphatic rings. The lowest BCUT2D eigenvalue weighted by Gasteiger charge is -2.30. The molecule has 2 fully saturated rings. The monoisotopic (exact) mass is 527 g/mol. The standard InChI is InChI=1S/C23H36N2O4.C7H9NO/c1-27-10-4-5-18-13-19(15-22(14-18)29-12-11-28-2)17-25(21-7-8-21)23(26)20-6-3-9-24-16-20;1-2-8-6-4-3-5-7(8)9/h13-15,20-21,24H,3-12,16-17H2,1-2H3;3-6H,2H2,1H3. The van der Waals surface area contributed by atoms with Gasteiger partial charge in [-0.1, -0.05) is 12.1 Å². The molecule has 1 unspecified atom stereocenters. The fourth-order valence-corrected chi connectivity index (χ4v) is 4.70. The maximum Gasteiger partial charge on any atom is 0.250 e. The summed E-state index contributed by atoms with van der Waals surface area (Å²) in [6.45, 7) is 7.02. The number of piperidine rings is 1. The number of benzene rings is 1. The second-order valence-electron chi connectivity index (χ2n) is 9.99. The first-order valence-electron chi connectivity index (χ1n) is 14.0. The number of aryl methyl sites for hydroxylation is 2. The highest BCUT2D eigenvalue weighted by Gasteiger charge is 2.36. The lowest BCUT2D eigenvalue weighted by Crippen LogP contribution is -2.43. The summed E-state index contributed by atoms with van der Waals surface area (Å²) in [7, 11) is 3.41. The van der Waals surface area contributed by atoms with Crippen LogP contribution in [-0.2, 0) is 33.8 Å². The van der Waals surface area contributed by atoms with E-state index in [1.165, 1.54) is 5.56 Å². The Kier molecular flexibility index (Phi) is 12.8. The number of ether oxygens (including phenoxy) is 3. The normalized spacial score (nSPS) is 16.9. The van der Waals surface area contributed by atoms with Crippen molar-refractivity contribution in [3.8, 4) is 5.75 Å². The number of nitrogens with zero attached hydrogens (tertiary/aromatic N) is 2. The van der Waals surface area contributed by atoms with Crippen molar-refractivity contribution < 1.29 is 19.0 Å². The first-order chi connectivity index (χ1) is 18.5. The third-order valence-electron chi connectivity index (χ3n) is 6.91. The van der Waals surface area contributed by atoms with E-state index in [1.807, 2.05) is 13.0 Å². The Bertz CT molecular complexity index is 1000. The Morgan fingerprint density at radius 3 is 2.47 bits per heavy atom. The summed E-state index contributed by atoms with van der Waals surface area (Å²) in [6.07, 6.45) is 8.01. The Balaban J connectivity index is 0.000000375. The molecule has 4 rings (SSSR count). The average Bonchev–Trinajstić information content (AvgIpc) is 3.78. The van der Waals surface area contributed by atoms with Gasteiger partial charge in [-0.2, -0.15) is 0 Å². The van der Waals surface area contributed by atoms with Crippen LogP contribution >= 0.6 is 0 Å². The maximum atomic E-state index is 13.2. The van der Waals surface area contributed by atoms with E-state index in [9.17, 15) is 9.59 Å². The molecule has 1 saturated heterocycles. The van der Waals surface area contributed by atoms with Crippen LogP contribution in [0.25, 0.3) is 0 Å². The van der Waals surface area contributed by atoms with Gasteiger partial charge in [-0.25, -0.2) is 0 Å². The molecule has 0 spiro atoms. The predicted octanol–water partition coefficient (Wildman–Crippen LogP) is 3.65. The molecule has 8 nitrogen and oxygen atoms in total. The summed E-state index contributed by atoms with van der Waals surface area (Å²) >= 11 is 0. The van der Waals surface area contributed by atoms with E-state index in [1.54, 1.807) is 37.1 Å². The van der Waals surface area contributed by atoms with Gasteiger partial charge < -0.3 is 29.0 Å². The van der Waals surface area contributed by atoms with E-state index < -0.39 is 0 Å². The molecule has 1 amide bonds. The summed E-state index contributed by atoms with van der Waals surface area (Å²) in [4.78, 5) is 26.1. The van der Waals surface area contributed by atoms with Gasteiger partial charge in [0.2, 0.25) is 11.5 Å². The van der Waals surface area contributed by atoms with E-state index in [2.05, 4.69) is 28.4 Å². The third-order valence-corrected chi connectivity index (χ3v) is 6.91. The molecular weight excluding hydrogens is 482 g/mol. The molecule has 1 N–H and O–H groups in total. The molecule has 38 heavy (non-hydrogen) atoms. The van der Waals surface area contributed by atoms with Crippen molar-refractivity contribution in [1.29, 1.82) is 0 Å². The van der Waals surface area contributed by atoms with Gasteiger partial charge >= 0.3 is 0 Å². The van der Waals surface area contributed by atoms with E-state index in [0.29, 0.717) is 31.7 Å². The average molecular weight is 528 g/mol. The van der Waals surface area contributed by atoms with Crippen molar-refractivity contribution in [3.05, 3.63) is 64.1 Å². The highest BCUT2D eigenvalue weighted by atomic mass is 16.5. The third kappa shape index (κ3) is 9.89. The molecule has 1 saturated carbocycles. The van der Waals surface area contributed by atoms with Crippen LogP contribution in [0.4, 0.5) is 0 Å². The molecule has 1 aliphatic carbocycles. The lowest BCUT2D eigenvalue weighted by atomic mass is 9.97. The van der Waals surface area contributed by atoms with Gasteiger partial charge in [0.15, 0.2) is 0 Å². The van der Waals surface area contributed by atoms with Crippen LogP contribution in [-0.4, -0.2) is 68.5 Å². The minimum absolute atomic E-state index is 0.0694. The predicted molar refractivity (Wildman–Crippen MR) is 150 cm³/mol. The number of amides is 1. The van der Waals surface area contributed by atoms with Gasteiger partial charge in [0.25, 0.3) is 0 Å². The molecule has 210 valence electrons. The quantitative estimate of drug-likeness (QED) is 0.401. The van der Waals surface area contributed by atoms with Gasteiger partial charge in [-0.15, -0.1) is 0 Å². The first-order valence-corrected chi connectivity index (χ1v) is 14.0. The van der Waals surface area contributed by atoms with Crippen molar-refractivity contribution in [1.82, 2.24) is 14.8 Å². The van der Waals surface area contributed by atoms with Crippen LogP contribution in [0.3, 0.4) is 0 Å². The highest BCUT2D eigenvalue weighted by Crippen LogP contribution is 2.32. The van der Waals surface area contributed by atoms with E-state index in [4.69, 9.17) is 14.2 Å². The minimum Gasteiger partial charge on any atom is -0.491 e. The number of rotatable bonds is 13. The van der Waals surface area contributed by atoms with Crippen LogP contribution < -0.4 is 15.6 Å². The van der Waals surface area contributed by atoms with Crippen molar-refractivity contribution in [2.45, 2.75) is 64.6 Å². The Morgan fingerprint density at radius 1 is 1.05 bits per heavy atom. The number of carbonyl (C=O) groups is 1. The Morgan fingerprint density at radius 2 is 1.84 bits per heavy atom. The number of carbonyl (C=O) groups excluding carboxylic acids is 1. The number of aromatic nitrogens is 1. The van der Waals surface area contributed by atoms with Crippen molar-refractivity contribution >= 4 is 5.91 Å². The van der Waals surface area contributed by atoms with Crippen molar-refractivity contribution in [2.75, 3.05) is 47.1 Å². The number of pyridine rings is 1. The van der Waals surface area contributed by atoms with E-state index >= 15 is 0 Å². The Labute approximate surface area is 227 Å². The van der Waals surface area contributed by atoms with Gasteiger partial charge in [0.1, 0.15) is 12.4 Å². The molecule has 8 heteroatoms. The van der Waals surface area contributed by atoms with Crippen LogP contribution in [0, 0.1) is 5.92 Å². The molecule has 1 aromatic heterocycles. The van der Waals surface area contributed by atoms with Crippen molar-refractivity contribution in [2.24, 2.45) is 5.92 Å². The molecular formula is C30H45N3O5. The zero-order valence-corrected chi connectivity index (χ0v) is 23.3. The fraction of sp³-hybridized carbons (Fsp3) is 0.600. The van der Waals surface area contributed by atoms with Crippen LogP contribution in [0.5, 0.6) is 5.75 Å². The summed E-state index contributed by atoms with van der Waals surface area (Å²) in [5.41, 5.74) is 2.45. The molecule has 2 aromatic rings. The SMILES string of the molecule is CCn1ccccc1=O.COCCCc1cc(CN(C(=O)C2CCCNC2)C2CC2)cc(OCCOC)c1. The number of nitrogens with one attached hydrogen (secondary N) is 1. The van der Waals surface area contributed by atoms with E-state index in [-0.39, 0.29) is 11.5 Å². The molecule has 1 aromatic carbocycles. The fourth-order valence-electron chi connectivity index (χ4n) is 4.70. The highest BCUT2D eigenvalue weighted by molar-refractivity contribution is 5.80. The van der Waals surface area contributed by atoms with Crippen LogP contribution in [0.2, 0.25) is 0 Å². The van der Waals surface area contributed by atoms with Crippen LogP contribution in [0.15, 0.2) is 47.4 Å². The zero-order valence-electron chi connectivity index (χ0n) is 23.3. The summed E-state index contributed by atoms with van der Waals surface area (Å²) in [5, 5.41) is 3.38. The summed E-state index contributed by atoms with van der Waals surface area (Å²) in [5.74, 6) is 1.28. The maximum absolute atomic E-state index is 13.2. The minimum atomic E-state index is 0.0694. The first kappa shape index (κ1) is 29.9. The molecule has 1 atom stereocenters. The molecule has 0 bridgehead atoms. The van der Waals surface area contributed by atoms with Crippen molar-refractivity contribution in [3.63, 3.8) is 0 Å². The van der Waals surface area contributed by atoms with Crippen LogP contribution in [0.1, 0.15) is 50.2 Å². The van der Waals surface area contributed by atoms with Gasteiger partial charge in [-0.3, -0.25) is 9.59 Å². The van der Waals surface area contributed by atoms with E-state index in [0.717, 1.165) is 76.1 Å². The molecule has 2 heterocycles. The number of methoxy groups -OCH3 is 2. The number of hydrogen-bond acceptors (Lipinski definition) is 6. The topological polar surface area (TPSA) is 82.0 Å². The lowest BCUT2D eigenvalue weighted by molar-refractivity contribution is -0.137. The van der Waals surface area contributed by atoms with Gasteiger partial charge in [-0.05, 0) is 81.3 Å².